The molecule has 0 fully saturated rings. The summed E-state index contributed by atoms with van der Waals surface area (Å²) in [6.07, 6.45) is 0. The number of benzene rings is 9. The molecule has 2 heteroatoms. The fourth-order valence-electron chi connectivity index (χ4n) is 8.10. The predicted octanol–water partition coefficient (Wildman–Crippen LogP) is 15.3. The highest BCUT2D eigenvalue weighted by molar-refractivity contribution is 6.03. The van der Waals surface area contributed by atoms with Crippen LogP contribution in [0.1, 0.15) is 0 Å². The topological polar surface area (TPSA) is 6.48 Å². The first-order valence-corrected chi connectivity index (χ1v) is 19.2. The van der Waals surface area contributed by atoms with E-state index in [4.69, 9.17) is 0 Å². The normalized spacial score (nSPS) is 11.5. The Bertz CT molecular complexity index is 2690. The molecule has 0 aliphatic carbocycles. The molecule has 1 aliphatic heterocycles. The lowest BCUT2D eigenvalue weighted by Gasteiger charge is -2.28. The van der Waals surface area contributed by atoms with E-state index >= 15 is 0 Å². The molecule has 10 rings (SSSR count). The summed E-state index contributed by atoms with van der Waals surface area (Å²) in [5.41, 5.74) is 18.8. The number of para-hydroxylation sites is 2. The van der Waals surface area contributed by atoms with Crippen LogP contribution in [0.15, 0.2) is 231 Å². The van der Waals surface area contributed by atoms with Gasteiger partial charge in [-0.2, -0.15) is 0 Å². The Kier molecular flexibility index (Phi) is 8.55. The van der Waals surface area contributed by atoms with Crippen molar-refractivity contribution >= 4 is 34.1 Å². The van der Waals surface area contributed by atoms with E-state index in [1.165, 1.54) is 50.2 Å². The molecule has 0 atom stereocenters. The lowest BCUT2D eigenvalue weighted by Crippen LogP contribution is -2.11. The van der Waals surface area contributed by atoms with Crippen LogP contribution in [-0.4, -0.2) is 0 Å². The van der Waals surface area contributed by atoms with E-state index in [0.717, 1.165) is 39.6 Å². The van der Waals surface area contributed by atoms with E-state index in [9.17, 15) is 0 Å². The summed E-state index contributed by atoms with van der Waals surface area (Å²) in [6, 6.07) is 83.1. The van der Waals surface area contributed by atoms with Crippen LogP contribution in [-0.2, 0) is 0 Å². The number of anilines is 6. The minimum absolute atomic E-state index is 1.09. The zero-order valence-electron chi connectivity index (χ0n) is 30.8. The molecule has 0 N–H and O–H groups in total. The average Bonchev–Trinajstić information content (AvgIpc) is 3.40. The van der Waals surface area contributed by atoms with E-state index in [0.29, 0.717) is 0 Å². The minimum Gasteiger partial charge on any atom is -0.310 e. The molecule has 0 spiro atoms. The van der Waals surface area contributed by atoms with Crippen LogP contribution < -0.4 is 9.80 Å². The van der Waals surface area contributed by atoms with Crippen molar-refractivity contribution < 1.29 is 0 Å². The maximum Gasteiger partial charge on any atom is 0.0540 e. The second-order valence-corrected chi connectivity index (χ2v) is 14.2. The molecule has 264 valence electrons. The molecular weight excluding hydrogens is 677 g/mol. The Morgan fingerprint density at radius 2 is 0.679 bits per heavy atom. The first-order chi connectivity index (χ1) is 27.8. The zero-order chi connectivity index (χ0) is 37.3. The van der Waals surface area contributed by atoms with Crippen molar-refractivity contribution in [3.63, 3.8) is 0 Å². The number of rotatable bonds is 7. The smallest absolute Gasteiger partial charge is 0.0540 e. The molecule has 56 heavy (non-hydrogen) atoms. The van der Waals surface area contributed by atoms with E-state index < -0.39 is 0 Å². The van der Waals surface area contributed by atoms with Crippen LogP contribution in [0.3, 0.4) is 0 Å². The highest BCUT2D eigenvalue weighted by Gasteiger charge is 2.26. The quantitative estimate of drug-likeness (QED) is 0.162. The highest BCUT2D eigenvalue weighted by Crippen LogP contribution is 2.51. The Morgan fingerprint density at radius 3 is 1.29 bits per heavy atom. The van der Waals surface area contributed by atoms with Crippen molar-refractivity contribution in [1.82, 2.24) is 0 Å². The lowest BCUT2D eigenvalue weighted by atomic mass is 9.92. The number of nitrogens with zero attached hydrogens (tertiary/aromatic N) is 2. The molecule has 0 saturated heterocycles. The van der Waals surface area contributed by atoms with Crippen molar-refractivity contribution in [3.05, 3.63) is 231 Å². The molecule has 0 radical (unpaired) electrons. The SMILES string of the molecule is c1ccc(-c2ccc(N(c3ccc(-c4ccccc4)cc3)c3cccc(-c4ccc5c(c4)-c4ccccc4-c4ccccc4N5c4ccccc4)c3)cc2)cc1. The van der Waals surface area contributed by atoms with Crippen LogP contribution in [0.4, 0.5) is 34.1 Å². The van der Waals surface area contributed by atoms with Crippen LogP contribution in [0.25, 0.3) is 55.6 Å². The largest absolute Gasteiger partial charge is 0.310 e. The first-order valence-electron chi connectivity index (χ1n) is 19.2. The molecule has 2 nitrogen and oxygen atoms in total. The van der Waals surface area contributed by atoms with Crippen molar-refractivity contribution in [2.45, 2.75) is 0 Å². The van der Waals surface area contributed by atoms with E-state index in [2.05, 4.69) is 240 Å². The lowest BCUT2D eigenvalue weighted by molar-refractivity contribution is 1.28. The summed E-state index contributed by atoms with van der Waals surface area (Å²) in [4.78, 5) is 4.77. The third-order valence-electron chi connectivity index (χ3n) is 10.8. The number of fused-ring (bicyclic) bond motifs is 5. The molecule has 0 unspecified atom stereocenters. The Balaban J connectivity index is 1.10. The van der Waals surface area contributed by atoms with Gasteiger partial charge in [-0.15, -0.1) is 0 Å². The van der Waals surface area contributed by atoms with E-state index in [1.54, 1.807) is 0 Å². The third kappa shape index (κ3) is 6.14. The van der Waals surface area contributed by atoms with Crippen molar-refractivity contribution in [2.75, 3.05) is 9.80 Å². The minimum atomic E-state index is 1.09. The summed E-state index contributed by atoms with van der Waals surface area (Å²) >= 11 is 0. The molecule has 1 aliphatic rings. The zero-order valence-corrected chi connectivity index (χ0v) is 30.8. The van der Waals surface area contributed by atoms with Crippen LogP contribution in [0, 0.1) is 0 Å². The van der Waals surface area contributed by atoms with Gasteiger partial charge in [0.1, 0.15) is 0 Å². The van der Waals surface area contributed by atoms with Crippen molar-refractivity contribution in [1.29, 1.82) is 0 Å². The van der Waals surface area contributed by atoms with Gasteiger partial charge in [0.25, 0.3) is 0 Å². The Morgan fingerprint density at radius 1 is 0.250 bits per heavy atom. The summed E-state index contributed by atoms with van der Waals surface area (Å²) in [6.45, 7) is 0. The molecule has 0 amide bonds. The number of hydrogen-bond donors (Lipinski definition) is 0. The van der Waals surface area contributed by atoms with Crippen LogP contribution in [0.2, 0.25) is 0 Å². The van der Waals surface area contributed by atoms with E-state index in [-0.39, 0.29) is 0 Å². The standard InChI is InChI=1S/C54H38N2/c1-4-15-39(16-5-1)41-27-32-46(33-28-41)55(47-34-29-42(30-35-47)40-17-6-2-7-18-40)48-22-14-19-43(37-48)44-31-36-54-52(38-44)50-24-11-10-23-49(50)51-25-12-13-26-53(51)56(54)45-20-8-3-9-21-45/h1-38H. The Labute approximate surface area is 328 Å². The number of hydrogen-bond acceptors (Lipinski definition) is 2. The summed E-state index contributed by atoms with van der Waals surface area (Å²) in [5, 5.41) is 0. The summed E-state index contributed by atoms with van der Waals surface area (Å²) in [5.74, 6) is 0. The maximum absolute atomic E-state index is 2.41. The molecular formula is C54H38N2. The highest BCUT2D eigenvalue weighted by atomic mass is 15.2. The van der Waals surface area contributed by atoms with Gasteiger partial charge in [0.05, 0.1) is 11.4 Å². The van der Waals surface area contributed by atoms with Gasteiger partial charge in [-0.3, -0.25) is 0 Å². The van der Waals surface area contributed by atoms with Gasteiger partial charge < -0.3 is 9.80 Å². The fraction of sp³-hybridized carbons (Fsp3) is 0. The first kappa shape index (κ1) is 33.2. The van der Waals surface area contributed by atoms with Crippen molar-refractivity contribution in [2.24, 2.45) is 0 Å². The maximum atomic E-state index is 2.41. The van der Waals surface area contributed by atoms with Gasteiger partial charge in [-0.25, -0.2) is 0 Å². The molecule has 1 heterocycles. The van der Waals surface area contributed by atoms with Crippen LogP contribution in [0.5, 0.6) is 0 Å². The molecule has 0 bridgehead atoms. The van der Waals surface area contributed by atoms with Gasteiger partial charge in [0.2, 0.25) is 0 Å². The van der Waals surface area contributed by atoms with Gasteiger partial charge >= 0.3 is 0 Å². The van der Waals surface area contributed by atoms with Gasteiger partial charge in [-0.1, -0.05) is 164 Å². The predicted molar refractivity (Wildman–Crippen MR) is 237 cm³/mol. The van der Waals surface area contributed by atoms with E-state index in [1.807, 2.05) is 0 Å². The average molecular weight is 715 g/mol. The van der Waals surface area contributed by atoms with Crippen LogP contribution >= 0.6 is 0 Å². The van der Waals surface area contributed by atoms with Gasteiger partial charge in [0.15, 0.2) is 0 Å². The monoisotopic (exact) mass is 714 g/mol. The van der Waals surface area contributed by atoms with Gasteiger partial charge in [-0.05, 0) is 111 Å². The molecule has 0 saturated carbocycles. The molecule has 9 aromatic carbocycles. The second-order valence-electron chi connectivity index (χ2n) is 14.2. The summed E-state index contributed by atoms with van der Waals surface area (Å²) in [7, 11) is 0. The Hall–Kier alpha value is -7.42. The van der Waals surface area contributed by atoms with Crippen molar-refractivity contribution in [3.8, 4) is 55.6 Å². The third-order valence-corrected chi connectivity index (χ3v) is 10.8. The van der Waals surface area contributed by atoms with Gasteiger partial charge in [0, 0.05) is 33.9 Å². The molecule has 0 aromatic heterocycles. The summed E-state index contributed by atoms with van der Waals surface area (Å²) < 4.78 is 0. The fourth-order valence-corrected chi connectivity index (χ4v) is 8.10. The second kappa shape index (κ2) is 14.4. The molecule has 9 aromatic rings.